The lowest BCUT2D eigenvalue weighted by molar-refractivity contribution is -0.146. The number of unbranched alkanes of at least 4 members (excludes halogenated alkanes) is 5. The van der Waals surface area contributed by atoms with Crippen LogP contribution in [0.25, 0.3) is 32.7 Å². The number of anilines is 1. The van der Waals surface area contributed by atoms with E-state index >= 15 is 0 Å². The molecule has 79 heavy (non-hydrogen) atoms. The van der Waals surface area contributed by atoms with Crippen LogP contribution in [-0.4, -0.2) is 135 Å². The molecule has 6 aromatic rings. The van der Waals surface area contributed by atoms with Gasteiger partial charge in [-0.2, -0.15) is 5.10 Å². The second-order valence-corrected chi connectivity index (χ2v) is 22.9. The number of β-amino-alcohol motifs (C(OH)–C–C–N with tert-alkyl or cyclic N) is 1. The Labute approximate surface area is 469 Å². The molecular weight excluding hydrogens is 1020 g/mol. The molecule has 3 aromatic carbocycles. The van der Waals surface area contributed by atoms with Crippen molar-refractivity contribution in [3.05, 3.63) is 102 Å². The molecule has 0 saturated carbocycles. The Hall–Kier alpha value is -6.15. The molecule has 0 unspecified atom stereocenters. The van der Waals surface area contributed by atoms with Crippen LogP contribution >= 0.6 is 11.3 Å². The van der Waals surface area contributed by atoms with E-state index in [0.29, 0.717) is 58.2 Å². The number of nitrogens with one attached hydrogen (secondary N) is 1. The summed E-state index contributed by atoms with van der Waals surface area (Å²) >= 11 is 1.59. The second kappa shape index (κ2) is 29.4. The van der Waals surface area contributed by atoms with Crippen LogP contribution in [-0.2, 0) is 35.1 Å². The number of ketones is 1. The van der Waals surface area contributed by atoms with Crippen molar-refractivity contribution in [3.8, 4) is 33.2 Å². The molecule has 2 saturated heterocycles. The number of amides is 2. The van der Waals surface area contributed by atoms with E-state index in [2.05, 4.69) is 29.9 Å². The maximum absolute atomic E-state index is 14.1. The number of aryl methyl sites for hydroxylation is 1. The number of aliphatic hydroxyl groups is 1. The molecule has 18 heteroatoms. The average molecular weight is 1100 g/mol. The number of likely N-dealkylation sites (tertiary alicyclic amines) is 2. The Bertz CT molecular complexity index is 2850. The Morgan fingerprint density at radius 1 is 0.785 bits per heavy atom. The van der Waals surface area contributed by atoms with Crippen molar-refractivity contribution in [3.63, 3.8) is 0 Å². The molecule has 5 heterocycles. The van der Waals surface area contributed by atoms with E-state index in [9.17, 15) is 19.5 Å². The quantitative estimate of drug-likeness (QED) is 0.0359. The number of nitrogen functional groups attached to an aromatic ring is 1. The van der Waals surface area contributed by atoms with Crippen LogP contribution in [0.2, 0.25) is 0 Å². The van der Waals surface area contributed by atoms with Crippen molar-refractivity contribution >= 4 is 45.8 Å². The zero-order valence-electron chi connectivity index (χ0n) is 46.7. The monoisotopic (exact) mass is 1100 g/mol. The predicted molar refractivity (Wildman–Crippen MR) is 309 cm³/mol. The fourth-order valence-electron chi connectivity index (χ4n) is 10.5. The lowest BCUT2D eigenvalue weighted by atomic mass is 9.76. The first kappa shape index (κ1) is 59.0. The third-order valence-electron chi connectivity index (χ3n) is 15.1. The highest BCUT2D eigenvalue weighted by atomic mass is 32.1. The minimum Gasteiger partial charge on any atom is -0.457 e. The fourth-order valence-corrected chi connectivity index (χ4v) is 11.4. The Kier molecular flexibility index (Phi) is 21.9. The molecule has 424 valence electrons. The van der Waals surface area contributed by atoms with Gasteiger partial charge in [-0.05, 0) is 105 Å². The minimum atomic E-state index is -0.808. The molecule has 3 atom stereocenters. The minimum absolute atomic E-state index is 0.0275. The molecule has 4 N–H and O–H groups in total. The number of carbonyl (C=O) groups is 3. The van der Waals surface area contributed by atoms with Crippen molar-refractivity contribution in [2.24, 2.45) is 11.3 Å². The van der Waals surface area contributed by atoms with Gasteiger partial charge in [-0.1, -0.05) is 82.5 Å². The normalized spacial score (nSPS) is 16.6. The summed E-state index contributed by atoms with van der Waals surface area (Å²) in [5.74, 6) is 0.816. The number of carbonyl (C=O) groups excluding carboxylic acids is 3. The van der Waals surface area contributed by atoms with E-state index in [1.807, 2.05) is 112 Å². The van der Waals surface area contributed by atoms with Gasteiger partial charge >= 0.3 is 0 Å². The van der Waals surface area contributed by atoms with E-state index in [1.165, 1.54) is 17.6 Å². The Morgan fingerprint density at radius 3 is 2.10 bits per heavy atom. The summed E-state index contributed by atoms with van der Waals surface area (Å²) in [6.07, 6.45) is 10.2. The molecule has 3 aromatic heterocycles. The van der Waals surface area contributed by atoms with Gasteiger partial charge in [0, 0.05) is 70.1 Å². The smallest absolute Gasteiger partial charge is 0.243 e. The maximum atomic E-state index is 14.1. The number of rotatable bonds is 30. The summed E-state index contributed by atoms with van der Waals surface area (Å²) in [7, 11) is 0. The summed E-state index contributed by atoms with van der Waals surface area (Å²) < 4.78 is 25.4. The molecule has 17 nitrogen and oxygen atoms in total. The number of nitrogens with zero attached hydrogens (tertiary/aromatic N) is 7. The number of benzene rings is 3. The SMILES string of the molecule is Cc1ncsc1-c1ccc(CNC(=O)[C@@H]2C[C@@H](O)CN2C(=O)[C@@H](CC(=O)CCCCCOCCOCCOCCCCCCN2CCC(n3nc(-c4ccc(Oc5ccccc5)cc4)c4c(N)ncnc43)CC2)C(C)(C)C)cc1. The van der Waals surface area contributed by atoms with Crippen molar-refractivity contribution in [2.45, 2.75) is 129 Å². The number of piperidine rings is 1. The number of hydrogen-bond donors (Lipinski definition) is 3. The van der Waals surface area contributed by atoms with Gasteiger partial charge in [0.05, 0.1) is 60.0 Å². The molecule has 8 rings (SSSR count). The van der Waals surface area contributed by atoms with Crippen LogP contribution in [0, 0.1) is 18.3 Å². The molecule has 0 radical (unpaired) electrons. The molecular formula is C61H81N9O8S. The number of aliphatic hydroxyl groups excluding tert-OH is 1. The lowest BCUT2D eigenvalue weighted by Gasteiger charge is -2.34. The lowest BCUT2D eigenvalue weighted by Crippen LogP contribution is -2.50. The second-order valence-electron chi connectivity index (χ2n) is 22.1. The number of para-hydroxylation sites is 1. The predicted octanol–water partition coefficient (Wildman–Crippen LogP) is 10.0. The molecule has 2 amide bonds. The third-order valence-corrected chi connectivity index (χ3v) is 16.1. The number of ether oxygens (including phenoxy) is 4. The van der Waals surface area contributed by atoms with Crippen molar-refractivity contribution in [1.82, 2.24) is 39.8 Å². The van der Waals surface area contributed by atoms with Crippen LogP contribution in [0.15, 0.2) is 90.7 Å². The highest BCUT2D eigenvalue weighted by Gasteiger charge is 2.44. The van der Waals surface area contributed by atoms with Crippen LogP contribution in [0.5, 0.6) is 11.5 Å². The van der Waals surface area contributed by atoms with E-state index in [4.69, 9.17) is 29.8 Å². The van der Waals surface area contributed by atoms with E-state index < -0.39 is 23.5 Å². The van der Waals surface area contributed by atoms with E-state index in [-0.39, 0.29) is 43.0 Å². The van der Waals surface area contributed by atoms with Crippen LogP contribution in [0.1, 0.15) is 115 Å². The van der Waals surface area contributed by atoms with Gasteiger partial charge in [-0.3, -0.25) is 14.4 Å². The fraction of sp³-hybridized carbons (Fsp3) is 0.525. The van der Waals surface area contributed by atoms with Gasteiger partial charge in [0.25, 0.3) is 0 Å². The van der Waals surface area contributed by atoms with E-state index in [0.717, 1.165) is 127 Å². The maximum Gasteiger partial charge on any atom is 0.243 e. The summed E-state index contributed by atoms with van der Waals surface area (Å²) in [5, 5.41) is 19.5. The van der Waals surface area contributed by atoms with Gasteiger partial charge in [0.15, 0.2) is 5.65 Å². The number of thiazole rings is 1. The van der Waals surface area contributed by atoms with Crippen LogP contribution < -0.4 is 15.8 Å². The highest BCUT2D eigenvalue weighted by molar-refractivity contribution is 7.13. The summed E-state index contributed by atoms with van der Waals surface area (Å²) in [5.41, 5.74) is 13.2. The van der Waals surface area contributed by atoms with Crippen LogP contribution in [0.3, 0.4) is 0 Å². The Balaban J connectivity index is 0.620. The summed E-state index contributed by atoms with van der Waals surface area (Å²) in [6.45, 7) is 14.7. The van der Waals surface area contributed by atoms with Gasteiger partial charge < -0.3 is 44.9 Å². The molecule has 0 spiro atoms. The van der Waals surface area contributed by atoms with Crippen LogP contribution in [0.4, 0.5) is 5.82 Å². The van der Waals surface area contributed by atoms with Crippen molar-refractivity contribution in [2.75, 3.05) is 71.6 Å². The zero-order chi connectivity index (χ0) is 55.6. The molecule has 0 bridgehead atoms. The van der Waals surface area contributed by atoms with Gasteiger partial charge in [-0.25, -0.2) is 19.6 Å². The van der Waals surface area contributed by atoms with Gasteiger partial charge in [0.2, 0.25) is 11.8 Å². The topological polar surface area (TPSA) is 209 Å². The number of aromatic nitrogens is 5. The number of fused-ring (bicyclic) bond motifs is 1. The molecule has 2 fully saturated rings. The molecule has 0 aliphatic carbocycles. The van der Waals surface area contributed by atoms with Crippen molar-refractivity contribution in [1.29, 1.82) is 0 Å². The average Bonchev–Trinajstić information content (AvgIpc) is 4.32. The first-order valence-corrected chi connectivity index (χ1v) is 29.2. The van der Waals surface area contributed by atoms with Gasteiger partial charge in [-0.15, -0.1) is 11.3 Å². The number of Topliss-reactive ketones (excluding diaryl/α,β-unsaturated/α-hetero) is 1. The summed E-state index contributed by atoms with van der Waals surface area (Å²) in [4.78, 5) is 59.2. The zero-order valence-corrected chi connectivity index (χ0v) is 47.5. The standard InChI is InChI=1S/C61H81N9O8S/c1-43-56(79-42-66-43)46-20-18-44(19-21-46)39-63-59(73)53-38-49(72)40-69(53)60(74)52(61(2,3)4)37-48(71)15-9-8-14-32-76-34-36-77-35-33-75-31-13-6-5-12-28-68-29-26-47(27-30-68)70-58-54(57(62)64-41-65-58)55(67-70)45-22-24-51(25-23-45)78-50-16-10-7-11-17-50/h7,10-11,16-25,41-42,47,49,52-53,72H,5-6,8-9,12-15,26-40H2,1-4H3,(H,63,73)(H2,62,64,65)/t49-,52-,53+/m1/s1. The number of nitrogens with two attached hydrogens (primary N) is 1. The molecule has 2 aliphatic rings. The highest BCUT2D eigenvalue weighted by Crippen LogP contribution is 2.37. The Morgan fingerprint density at radius 2 is 1.43 bits per heavy atom. The summed E-state index contributed by atoms with van der Waals surface area (Å²) in [6, 6.07) is 25.1. The van der Waals surface area contributed by atoms with Crippen molar-refractivity contribution < 1.29 is 38.4 Å². The number of hydrogen-bond acceptors (Lipinski definition) is 15. The molecule has 2 aliphatic heterocycles. The first-order valence-electron chi connectivity index (χ1n) is 28.4. The van der Waals surface area contributed by atoms with E-state index in [1.54, 1.807) is 11.3 Å². The first-order chi connectivity index (χ1) is 38.3. The largest absolute Gasteiger partial charge is 0.457 e. The third kappa shape index (κ3) is 16.9. The van der Waals surface area contributed by atoms with Gasteiger partial charge in [0.1, 0.15) is 41.2 Å².